The highest BCUT2D eigenvalue weighted by molar-refractivity contribution is 7.46. The smallest absolute Gasteiger partial charge is 0.259 e. The molecule has 0 N–H and O–H groups in total. The highest BCUT2D eigenvalue weighted by atomic mass is 35.7. The molecule has 0 aromatic heterocycles. The van der Waals surface area contributed by atoms with Crippen molar-refractivity contribution in [3.63, 3.8) is 0 Å². The molecule has 108 valence electrons. The third-order valence-corrected chi connectivity index (χ3v) is 9.30. The summed E-state index contributed by atoms with van der Waals surface area (Å²) in [6, 6.07) is 0.912. The number of hydrogen-bond acceptors (Lipinski definition) is 2. The average molecular weight is 313 g/mol. The summed E-state index contributed by atoms with van der Waals surface area (Å²) in [5.74, 6) is -0.529. The Morgan fingerprint density at radius 1 is 1.11 bits per heavy atom. The number of hydrogen-bond donors (Lipinski definition) is 0. The molecule has 1 saturated heterocycles. The first-order valence-electron chi connectivity index (χ1n) is 7.18. The second-order valence-electron chi connectivity index (χ2n) is 5.07. The lowest BCUT2D eigenvalue weighted by molar-refractivity contribution is -0.271. The minimum absolute atomic E-state index is 0.170. The van der Waals surface area contributed by atoms with Gasteiger partial charge in [0.15, 0.2) is 5.79 Å². The zero-order valence-electron chi connectivity index (χ0n) is 11.8. The van der Waals surface area contributed by atoms with Gasteiger partial charge in [0.1, 0.15) is 0 Å². The van der Waals surface area contributed by atoms with Gasteiger partial charge < -0.3 is 9.47 Å². The van der Waals surface area contributed by atoms with Crippen molar-refractivity contribution in [1.82, 2.24) is 0 Å². The minimum Gasteiger partial charge on any atom is -0.350 e. The van der Waals surface area contributed by atoms with E-state index in [1.54, 1.807) is 0 Å². The van der Waals surface area contributed by atoms with Crippen LogP contribution in [0.15, 0.2) is 0 Å². The third kappa shape index (κ3) is 3.86. The van der Waals surface area contributed by atoms with Gasteiger partial charge in [-0.05, 0) is 25.3 Å². The van der Waals surface area contributed by atoms with Crippen LogP contribution >= 0.6 is 22.2 Å². The molecule has 1 unspecified atom stereocenters. The first kappa shape index (κ1) is 16.8. The fourth-order valence-electron chi connectivity index (χ4n) is 2.79. The van der Waals surface area contributed by atoms with E-state index in [4.69, 9.17) is 31.6 Å². The third-order valence-electron chi connectivity index (χ3n) is 3.68. The van der Waals surface area contributed by atoms with E-state index in [0.29, 0.717) is 0 Å². The average Bonchev–Trinajstić information content (AvgIpc) is 2.36. The van der Waals surface area contributed by atoms with E-state index < -0.39 is 12.5 Å². The van der Waals surface area contributed by atoms with E-state index in [9.17, 15) is 0 Å². The summed E-state index contributed by atoms with van der Waals surface area (Å²) in [6.07, 6.45) is 4.88. The topological polar surface area (TPSA) is 18.5 Å². The molecule has 0 aromatic carbocycles. The normalized spacial score (nSPS) is 21.8. The van der Waals surface area contributed by atoms with Gasteiger partial charge >= 0.3 is 0 Å². The summed E-state index contributed by atoms with van der Waals surface area (Å²) in [5.41, 5.74) is 0.170. The SMILES string of the molecule is CCCC(C1(CC)OCCCO1)[Si](Cl)(Cl)CCC. The van der Waals surface area contributed by atoms with Gasteiger partial charge in [-0.15, -0.1) is 22.2 Å². The van der Waals surface area contributed by atoms with Crippen molar-refractivity contribution in [2.24, 2.45) is 0 Å². The van der Waals surface area contributed by atoms with E-state index in [1.165, 1.54) is 0 Å². The Bertz CT molecular complexity index is 243. The summed E-state index contributed by atoms with van der Waals surface area (Å²) >= 11 is 13.5. The molecule has 18 heavy (non-hydrogen) atoms. The lowest BCUT2D eigenvalue weighted by Gasteiger charge is -2.46. The molecule has 0 aromatic rings. The molecule has 1 aliphatic rings. The Balaban J connectivity index is 2.92. The largest absolute Gasteiger partial charge is 0.350 e. The van der Waals surface area contributed by atoms with Gasteiger partial charge in [0.2, 0.25) is 0 Å². The molecule has 5 heteroatoms. The molecule has 1 rings (SSSR count). The molecule has 0 spiro atoms. The van der Waals surface area contributed by atoms with Crippen molar-refractivity contribution in [3.8, 4) is 0 Å². The zero-order chi connectivity index (χ0) is 13.6. The van der Waals surface area contributed by atoms with Gasteiger partial charge in [0.05, 0.1) is 13.2 Å². The van der Waals surface area contributed by atoms with E-state index in [1.807, 2.05) is 0 Å². The van der Waals surface area contributed by atoms with Gasteiger partial charge in [-0.2, -0.15) is 0 Å². The predicted octanol–water partition coefficient (Wildman–Crippen LogP) is 5.03. The van der Waals surface area contributed by atoms with Crippen molar-refractivity contribution in [2.45, 2.75) is 70.2 Å². The number of ether oxygens (including phenoxy) is 2. The molecule has 1 fully saturated rings. The Labute approximate surface area is 122 Å². The van der Waals surface area contributed by atoms with Crippen LogP contribution in [0.5, 0.6) is 0 Å². The molecular weight excluding hydrogens is 287 g/mol. The second-order valence-corrected chi connectivity index (χ2v) is 12.4. The fraction of sp³-hybridized carbons (Fsp3) is 1.00. The molecular formula is C13H26Cl2O2Si. The van der Waals surface area contributed by atoms with E-state index >= 15 is 0 Å². The fourth-order valence-corrected chi connectivity index (χ4v) is 8.32. The monoisotopic (exact) mass is 312 g/mol. The first-order chi connectivity index (χ1) is 8.52. The van der Waals surface area contributed by atoms with Crippen LogP contribution in [0.1, 0.15) is 52.9 Å². The van der Waals surface area contributed by atoms with E-state index in [2.05, 4.69) is 20.8 Å². The maximum atomic E-state index is 6.73. The molecule has 1 atom stereocenters. The summed E-state index contributed by atoms with van der Waals surface area (Å²) in [7, 11) is 0. The number of halogens is 2. The highest BCUT2D eigenvalue weighted by Gasteiger charge is 2.52. The van der Waals surface area contributed by atoms with Crippen molar-refractivity contribution in [2.75, 3.05) is 13.2 Å². The standard InChI is InChI=1S/C13H26Cl2O2Si/c1-4-8-12(18(14,15)11-5-2)13(6-3)16-9-7-10-17-13/h12H,4-11H2,1-3H3. The molecule has 0 amide bonds. The molecule has 1 aliphatic heterocycles. The van der Waals surface area contributed by atoms with Crippen LogP contribution in [0.4, 0.5) is 0 Å². The summed E-state index contributed by atoms with van der Waals surface area (Å²) in [4.78, 5) is 0. The van der Waals surface area contributed by atoms with Crippen molar-refractivity contribution < 1.29 is 9.47 Å². The maximum absolute atomic E-state index is 6.73. The van der Waals surface area contributed by atoms with Crippen LogP contribution in [0.2, 0.25) is 11.6 Å². The lowest BCUT2D eigenvalue weighted by Crippen LogP contribution is -2.51. The Morgan fingerprint density at radius 2 is 1.72 bits per heavy atom. The van der Waals surface area contributed by atoms with Crippen LogP contribution in [0.3, 0.4) is 0 Å². The maximum Gasteiger partial charge on any atom is 0.259 e. The molecule has 0 radical (unpaired) electrons. The molecule has 1 heterocycles. The van der Waals surface area contributed by atoms with Crippen LogP contribution in [0, 0.1) is 0 Å². The van der Waals surface area contributed by atoms with Crippen LogP contribution < -0.4 is 0 Å². The first-order valence-corrected chi connectivity index (χ1v) is 11.5. The Morgan fingerprint density at radius 3 is 2.17 bits per heavy atom. The van der Waals surface area contributed by atoms with Crippen molar-refractivity contribution in [1.29, 1.82) is 0 Å². The van der Waals surface area contributed by atoms with Gasteiger partial charge in [-0.25, -0.2) is 0 Å². The predicted molar refractivity (Wildman–Crippen MR) is 80.8 cm³/mol. The summed E-state index contributed by atoms with van der Waals surface area (Å²) < 4.78 is 12.0. The Hall–Kier alpha value is 0.717. The van der Waals surface area contributed by atoms with Gasteiger partial charge in [-0.1, -0.05) is 33.6 Å². The van der Waals surface area contributed by atoms with Gasteiger partial charge in [-0.3, -0.25) is 0 Å². The van der Waals surface area contributed by atoms with Crippen molar-refractivity contribution in [3.05, 3.63) is 0 Å². The van der Waals surface area contributed by atoms with Gasteiger partial charge in [0.25, 0.3) is 6.69 Å². The molecule has 2 nitrogen and oxygen atoms in total. The van der Waals surface area contributed by atoms with Gasteiger partial charge in [0, 0.05) is 5.54 Å². The number of rotatable bonds is 7. The van der Waals surface area contributed by atoms with Crippen LogP contribution in [0.25, 0.3) is 0 Å². The van der Waals surface area contributed by atoms with Crippen LogP contribution in [-0.4, -0.2) is 25.7 Å². The second kappa shape index (κ2) is 7.49. The molecule has 0 saturated carbocycles. The molecule has 0 aliphatic carbocycles. The lowest BCUT2D eigenvalue weighted by atomic mass is 10.0. The Kier molecular flexibility index (Phi) is 6.97. The summed E-state index contributed by atoms with van der Waals surface area (Å²) in [6.45, 7) is 5.60. The van der Waals surface area contributed by atoms with E-state index in [-0.39, 0.29) is 5.54 Å². The van der Waals surface area contributed by atoms with Crippen LogP contribution in [-0.2, 0) is 9.47 Å². The van der Waals surface area contributed by atoms with Crippen molar-refractivity contribution >= 4 is 28.9 Å². The molecule has 0 bridgehead atoms. The minimum atomic E-state index is -2.34. The van der Waals surface area contributed by atoms with E-state index in [0.717, 1.165) is 51.4 Å². The highest BCUT2D eigenvalue weighted by Crippen LogP contribution is 2.49. The summed E-state index contributed by atoms with van der Waals surface area (Å²) in [5, 5.41) is 0. The zero-order valence-corrected chi connectivity index (χ0v) is 14.3. The quantitative estimate of drug-likeness (QED) is 0.485.